The molecule has 1 rings (SSSR count). The van der Waals surface area contributed by atoms with E-state index in [9.17, 15) is 53.4 Å². The Morgan fingerprint density at radius 1 is 0.760 bits per heavy atom. The molecular formula is C29H48N8O13. The number of carbonyl (C=O) groups excluding carboxylic acids is 6. The van der Waals surface area contributed by atoms with Gasteiger partial charge in [-0.2, -0.15) is 0 Å². The number of nitrogens with zero attached hydrogens (tertiary/aromatic N) is 1. The second-order valence-electron chi connectivity index (χ2n) is 11.7. The molecule has 0 aromatic rings. The number of carboxylic acids is 3. The highest BCUT2D eigenvalue weighted by Crippen LogP contribution is 2.18. The van der Waals surface area contributed by atoms with Gasteiger partial charge in [-0.1, -0.05) is 6.42 Å². The number of rotatable bonds is 23. The van der Waals surface area contributed by atoms with Crippen molar-refractivity contribution in [3.8, 4) is 0 Å². The van der Waals surface area contributed by atoms with Gasteiger partial charge in [0.1, 0.15) is 30.2 Å². The van der Waals surface area contributed by atoms with Crippen LogP contribution in [0.3, 0.4) is 0 Å². The number of hydrogen-bond donors (Lipinski definition) is 11. The van der Waals surface area contributed by atoms with E-state index >= 15 is 0 Å². The monoisotopic (exact) mass is 716 g/mol. The molecule has 21 heteroatoms. The van der Waals surface area contributed by atoms with E-state index < -0.39 is 128 Å². The number of hydrogen-bond acceptors (Lipinski definition) is 12. The Morgan fingerprint density at radius 3 is 1.82 bits per heavy atom. The van der Waals surface area contributed by atoms with Crippen LogP contribution < -0.4 is 38.1 Å². The van der Waals surface area contributed by atoms with Crippen LogP contribution in [0.15, 0.2) is 0 Å². The molecule has 0 saturated carbocycles. The highest BCUT2D eigenvalue weighted by Gasteiger charge is 2.36. The van der Waals surface area contributed by atoms with Crippen molar-refractivity contribution in [2.45, 2.75) is 101 Å². The number of nitrogens with two attached hydrogens (primary N) is 2. The minimum absolute atomic E-state index is 0.185. The summed E-state index contributed by atoms with van der Waals surface area (Å²) in [6, 6.07) is -8.06. The first-order valence-corrected chi connectivity index (χ1v) is 16.0. The second-order valence-corrected chi connectivity index (χ2v) is 11.7. The van der Waals surface area contributed by atoms with Gasteiger partial charge in [0.2, 0.25) is 35.4 Å². The van der Waals surface area contributed by atoms with Crippen molar-refractivity contribution in [3.05, 3.63) is 0 Å². The summed E-state index contributed by atoms with van der Waals surface area (Å²) in [5.41, 5.74) is 11.2. The van der Waals surface area contributed by atoms with Gasteiger partial charge in [-0.15, -0.1) is 0 Å². The molecule has 50 heavy (non-hydrogen) atoms. The van der Waals surface area contributed by atoms with Crippen LogP contribution in [-0.4, -0.2) is 141 Å². The number of carbonyl (C=O) groups is 9. The summed E-state index contributed by atoms with van der Waals surface area (Å²) in [5.74, 6) is -9.42. The Balaban J connectivity index is 2.95. The van der Waals surface area contributed by atoms with Crippen LogP contribution >= 0.6 is 0 Å². The summed E-state index contributed by atoms with van der Waals surface area (Å²) in [7, 11) is 0. The van der Waals surface area contributed by atoms with E-state index in [4.69, 9.17) is 21.7 Å². The summed E-state index contributed by atoms with van der Waals surface area (Å²) in [5, 5.41) is 48.5. The summed E-state index contributed by atoms with van der Waals surface area (Å²) < 4.78 is 0. The zero-order valence-electron chi connectivity index (χ0n) is 27.7. The van der Waals surface area contributed by atoms with Crippen LogP contribution in [0.1, 0.15) is 64.7 Å². The molecule has 1 heterocycles. The molecule has 0 bridgehead atoms. The van der Waals surface area contributed by atoms with E-state index in [-0.39, 0.29) is 19.4 Å². The zero-order chi connectivity index (χ0) is 38.0. The Hall–Kier alpha value is -4.89. The maximum Gasteiger partial charge on any atom is 0.326 e. The lowest BCUT2D eigenvalue weighted by Crippen LogP contribution is -2.59. The molecule has 0 spiro atoms. The minimum atomic E-state index is -1.64. The Labute approximate surface area is 287 Å². The average Bonchev–Trinajstić information content (AvgIpc) is 3.56. The smallest absolute Gasteiger partial charge is 0.326 e. The number of unbranched alkanes of at least 4 members (excludes halogenated alkanes) is 1. The van der Waals surface area contributed by atoms with Crippen molar-refractivity contribution >= 4 is 53.4 Å². The van der Waals surface area contributed by atoms with Crippen LogP contribution in [0.4, 0.5) is 0 Å². The van der Waals surface area contributed by atoms with E-state index in [1.165, 1.54) is 6.92 Å². The molecule has 0 aromatic heterocycles. The number of amides is 6. The maximum absolute atomic E-state index is 13.2. The number of carboxylic acid groups (broad SMARTS) is 3. The number of aliphatic hydroxyl groups excluding tert-OH is 1. The van der Waals surface area contributed by atoms with E-state index in [0.717, 1.165) is 4.90 Å². The summed E-state index contributed by atoms with van der Waals surface area (Å²) in [6.45, 7) is 0.233. The van der Waals surface area contributed by atoms with E-state index in [1.54, 1.807) is 0 Å². The minimum Gasteiger partial charge on any atom is -0.481 e. The Morgan fingerprint density at radius 2 is 1.30 bits per heavy atom. The molecule has 6 atom stereocenters. The van der Waals surface area contributed by atoms with Crippen molar-refractivity contribution in [1.82, 2.24) is 31.5 Å². The first kappa shape index (κ1) is 43.1. The Kier molecular flexibility index (Phi) is 18.9. The van der Waals surface area contributed by atoms with Gasteiger partial charge in [0.15, 0.2) is 0 Å². The van der Waals surface area contributed by atoms with Gasteiger partial charge in [0, 0.05) is 19.4 Å². The number of nitrogens with one attached hydrogen (secondary N) is 5. The molecular weight excluding hydrogens is 668 g/mol. The lowest BCUT2D eigenvalue weighted by atomic mass is 10.1. The van der Waals surface area contributed by atoms with Gasteiger partial charge in [-0.3, -0.25) is 38.4 Å². The van der Waals surface area contributed by atoms with Crippen molar-refractivity contribution in [1.29, 1.82) is 0 Å². The predicted octanol–water partition coefficient (Wildman–Crippen LogP) is -4.68. The first-order chi connectivity index (χ1) is 23.5. The lowest BCUT2D eigenvalue weighted by molar-refractivity contribution is -0.149. The fourth-order valence-corrected chi connectivity index (χ4v) is 4.91. The van der Waals surface area contributed by atoms with E-state index in [0.29, 0.717) is 25.8 Å². The van der Waals surface area contributed by atoms with Crippen molar-refractivity contribution in [2.75, 3.05) is 26.2 Å². The fourth-order valence-electron chi connectivity index (χ4n) is 4.91. The van der Waals surface area contributed by atoms with Crippen molar-refractivity contribution < 1.29 is 63.6 Å². The summed E-state index contributed by atoms with van der Waals surface area (Å²) in [4.78, 5) is 112. The summed E-state index contributed by atoms with van der Waals surface area (Å²) in [6.07, 6.45) is -0.215. The second kappa shape index (κ2) is 22.0. The van der Waals surface area contributed by atoms with Crippen LogP contribution in [0.25, 0.3) is 0 Å². The lowest BCUT2D eigenvalue weighted by Gasteiger charge is -2.26. The molecule has 21 nitrogen and oxygen atoms in total. The maximum atomic E-state index is 13.2. The van der Waals surface area contributed by atoms with E-state index in [1.807, 2.05) is 0 Å². The van der Waals surface area contributed by atoms with Crippen molar-refractivity contribution in [3.63, 3.8) is 0 Å². The van der Waals surface area contributed by atoms with Gasteiger partial charge in [0.25, 0.3) is 0 Å². The molecule has 13 N–H and O–H groups in total. The number of likely N-dealkylation sites (tertiary alicyclic amines) is 1. The molecule has 0 radical (unpaired) electrons. The third kappa shape index (κ3) is 15.1. The van der Waals surface area contributed by atoms with Crippen LogP contribution in [0.2, 0.25) is 0 Å². The quantitative estimate of drug-likeness (QED) is 0.0443. The van der Waals surface area contributed by atoms with Crippen molar-refractivity contribution in [2.24, 2.45) is 11.5 Å². The molecule has 0 aliphatic carbocycles. The predicted molar refractivity (Wildman–Crippen MR) is 170 cm³/mol. The Bertz CT molecular complexity index is 1250. The largest absolute Gasteiger partial charge is 0.481 e. The van der Waals surface area contributed by atoms with E-state index in [2.05, 4.69) is 26.6 Å². The highest BCUT2D eigenvalue weighted by molar-refractivity contribution is 5.96. The highest BCUT2D eigenvalue weighted by atomic mass is 16.4. The molecule has 1 fully saturated rings. The molecule has 0 aromatic carbocycles. The first-order valence-electron chi connectivity index (χ1n) is 16.0. The van der Waals surface area contributed by atoms with Crippen LogP contribution in [-0.2, 0) is 43.2 Å². The molecule has 1 saturated heterocycles. The molecule has 0 unspecified atom stereocenters. The molecule has 6 amide bonds. The van der Waals surface area contributed by atoms with Gasteiger partial charge in [-0.05, 0) is 52.0 Å². The SMILES string of the molecule is C[C@H](NC(=O)CNC(=O)[C@H](CCC(=O)O)NC(=O)[C@H](CCC(=O)O)NC(=O)[C@H](CO)NC(=O)[C@@H](N)CCCCN)C(=O)N1CCC[C@H]1C(=O)O. The number of aliphatic hydroxyl groups is 1. The third-order valence-electron chi connectivity index (χ3n) is 7.67. The molecule has 1 aliphatic heterocycles. The fraction of sp³-hybridized carbons (Fsp3) is 0.690. The van der Waals surface area contributed by atoms with Gasteiger partial charge >= 0.3 is 17.9 Å². The average molecular weight is 717 g/mol. The third-order valence-corrected chi connectivity index (χ3v) is 7.67. The van der Waals surface area contributed by atoms with Gasteiger partial charge < -0.3 is 63.4 Å². The number of aliphatic carboxylic acids is 3. The molecule has 282 valence electrons. The zero-order valence-corrected chi connectivity index (χ0v) is 27.7. The van der Waals surface area contributed by atoms with Crippen LogP contribution in [0.5, 0.6) is 0 Å². The molecule has 1 aliphatic rings. The van der Waals surface area contributed by atoms with Gasteiger partial charge in [-0.25, -0.2) is 4.79 Å². The normalized spacial score (nSPS) is 16.9. The topological polar surface area (TPSA) is 350 Å². The standard InChI is InChI=1S/C29H48N8O13/c1-15(28(48)37-12-4-6-20(37)29(49)50)33-21(39)13-32-25(45)17(7-9-22(40)41)34-26(46)18(8-10-23(42)43)35-27(47)19(14-38)36-24(44)16(31)5-2-3-11-30/h15-20,38H,2-14,30-31H2,1H3,(H,32,45)(H,33,39)(H,34,46)(H,35,47)(H,36,44)(H,40,41)(H,42,43)(H,49,50)/t15-,16-,17-,18-,19-,20-/m0/s1. The van der Waals surface area contributed by atoms with Crippen LogP contribution in [0, 0.1) is 0 Å². The van der Waals surface area contributed by atoms with Gasteiger partial charge in [0.05, 0.1) is 19.2 Å². The summed E-state index contributed by atoms with van der Waals surface area (Å²) >= 11 is 0.